The Labute approximate surface area is 180 Å². The van der Waals surface area contributed by atoms with E-state index in [1.165, 1.54) is 0 Å². The lowest BCUT2D eigenvalue weighted by Crippen LogP contribution is -2.37. The lowest BCUT2D eigenvalue weighted by atomic mass is 10.1. The highest BCUT2D eigenvalue weighted by Gasteiger charge is 2.25. The number of hydrogen-bond acceptors (Lipinski definition) is 3. The quantitative estimate of drug-likeness (QED) is 0.538. The minimum atomic E-state index is -0.155. The Morgan fingerprint density at radius 2 is 1.86 bits per heavy atom. The van der Waals surface area contributed by atoms with Gasteiger partial charge < -0.3 is 14.4 Å². The Balaban J connectivity index is 1.85. The topological polar surface area (TPSA) is 38.8 Å². The van der Waals surface area contributed by atoms with E-state index in [0.717, 1.165) is 25.0 Å². The summed E-state index contributed by atoms with van der Waals surface area (Å²) in [4.78, 5) is 15.0. The number of carbonyl (C=O) groups is 1. The van der Waals surface area contributed by atoms with E-state index in [4.69, 9.17) is 44.3 Å². The summed E-state index contributed by atoms with van der Waals surface area (Å²) in [6, 6.07) is 10.7. The standard InChI is InChI=1S/C21H22Cl3NO3/c1-2-27-20-18(23)10-15(11-19(20)24)21(26)25(13-17-4-3-9-28-17)12-14-5-7-16(22)8-6-14/h5-8,10-11,17H,2-4,9,12-13H2,1H3/t17-/m0/s1. The molecule has 0 bridgehead atoms. The van der Waals surface area contributed by atoms with Crippen LogP contribution in [0.15, 0.2) is 36.4 Å². The molecule has 1 fully saturated rings. The third kappa shape index (κ3) is 5.32. The zero-order valence-corrected chi connectivity index (χ0v) is 17.9. The highest BCUT2D eigenvalue weighted by atomic mass is 35.5. The summed E-state index contributed by atoms with van der Waals surface area (Å²) < 4.78 is 11.2. The molecule has 2 aromatic rings. The fraction of sp³-hybridized carbons (Fsp3) is 0.381. The van der Waals surface area contributed by atoms with E-state index in [9.17, 15) is 4.79 Å². The molecule has 2 aromatic carbocycles. The molecule has 0 radical (unpaired) electrons. The number of rotatable bonds is 7. The van der Waals surface area contributed by atoms with E-state index in [2.05, 4.69) is 0 Å². The van der Waals surface area contributed by atoms with Crippen LogP contribution < -0.4 is 4.74 Å². The number of ether oxygens (including phenoxy) is 2. The molecule has 0 aliphatic carbocycles. The molecule has 28 heavy (non-hydrogen) atoms. The van der Waals surface area contributed by atoms with Crippen LogP contribution in [0.25, 0.3) is 0 Å². The van der Waals surface area contributed by atoms with Crippen LogP contribution in [-0.2, 0) is 11.3 Å². The van der Waals surface area contributed by atoms with Gasteiger partial charge in [-0.3, -0.25) is 4.79 Å². The third-order valence-electron chi connectivity index (χ3n) is 4.56. The minimum absolute atomic E-state index is 0.0323. The Morgan fingerprint density at radius 1 is 1.18 bits per heavy atom. The number of carbonyl (C=O) groups excluding carboxylic acids is 1. The maximum absolute atomic E-state index is 13.3. The first-order valence-corrected chi connectivity index (χ1v) is 10.4. The predicted octanol–water partition coefficient (Wildman–Crippen LogP) is 5.87. The summed E-state index contributed by atoms with van der Waals surface area (Å²) in [5.41, 5.74) is 1.41. The summed E-state index contributed by atoms with van der Waals surface area (Å²) in [5, 5.41) is 1.30. The summed E-state index contributed by atoms with van der Waals surface area (Å²) in [7, 11) is 0. The monoisotopic (exact) mass is 441 g/mol. The molecule has 0 N–H and O–H groups in total. The summed E-state index contributed by atoms with van der Waals surface area (Å²) >= 11 is 18.6. The maximum atomic E-state index is 13.3. The maximum Gasteiger partial charge on any atom is 0.254 e. The van der Waals surface area contributed by atoms with Crippen molar-refractivity contribution in [1.82, 2.24) is 4.90 Å². The first kappa shape index (κ1) is 21.3. The zero-order valence-electron chi connectivity index (χ0n) is 15.6. The van der Waals surface area contributed by atoms with E-state index < -0.39 is 0 Å². The van der Waals surface area contributed by atoms with Crippen LogP contribution in [-0.4, -0.2) is 36.7 Å². The van der Waals surface area contributed by atoms with Gasteiger partial charge in [0, 0.05) is 30.3 Å². The van der Waals surface area contributed by atoms with Gasteiger partial charge in [0.15, 0.2) is 5.75 Å². The molecule has 3 rings (SSSR count). The fourth-order valence-corrected chi connectivity index (χ4v) is 3.93. The SMILES string of the molecule is CCOc1c(Cl)cc(C(=O)N(Cc2ccc(Cl)cc2)C[C@@H]2CCCO2)cc1Cl. The van der Waals surface area contributed by atoms with Crippen molar-refractivity contribution >= 4 is 40.7 Å². The van der Waals surface area contributed by atoms with Crippen molar-refractivity contribution in [3.8, 4) is 5.75 Å². The molecule has 0 spiro atoms. The Bertz CT molecular complexity index is 797. The molecule has 1 aliphatic heterocycles. The average molecular weight is 443 g/mol. The van der Waals surface area contributed by atoms with Crippen LogP contribution in [0, 0.1) is 0 Å². The molecular weight excluding hydrogens is 421 g/mol. The van der Waals surface area contributed by atoms with E-state index in [0.29, 0.717) is 46.1 Å². The van der Waals surface area contributed by atoms with Gasteiger partial charge in [-0.15, -0.1) is 0 Å². The van der Waals surface area contributed by atoms with Crippen molar-refractivity contribution in [2.24, 2.45) is 0 Å². The molecule has 1 amide bonds. The zero-order chi connectivity index (χ0) is 20.1. The molecule has 1 aliphatic rings. The predicted molar refractivity (Wildman–Crippen MR) is 113 cm³/mol. The van der Waals surface area contributed by atoms with Gasteiger partial charge in [0.05, 0.1) is 22.8 Å². The van der Waals surface area contributed by atoms with Gasteiger partial charge in [0.25, 0.3) is 5.91 Å². The van der Waals surface area contributed by atoms with Gasteiger partial charge in [-0.05, 0) is 49.6 Å². The smallest absolute Gasteiger partial charge is 0.254 e. The van der Waals surface area contributed by atoms with Crippen LogP contribution in [0.2, 0.25) is 15.1 Å². The van der Waals surface area contributed by atoms with Crippen LogP contribution in [0.4, 0.5) is 0 Å². The molecule has 4 nitrogen and oxygen atoms in total. The first-order chi connectivity index (χ1) is 13.5. The highest BCUT2D eigenvalue weighted by molar-refractivity contribution is 6.37. The lowest BCUT2D eigenvalue weighted by Gasteiger charge is -2.26. The van der Waals surface area contributed by atoms with E-state index in [-0.39, 0.29) is 12.0 Å². The second-order valence-corrected chi connectivity index (χ2v) is 7.90. The lowest BCUT2D eigenvalue weighted by molar-refractivity contribution is 0.0507. The van der Waals surface area contributed by atoms with Gasteiger partial charge in [-0.1, -0.05) is 46.9 Å². The Morgan fingerprint density at radius 3 is 2.43 bits per heavy atom. The van der Waals surface area contributed by atoms with Crippen molar-refractivity contribution in [2.75, 3.05) is 19.8 Å². The van der Waals surface area contributed by atoms with Crippen molar-refractivity contribution in [3.05, 3.63) is 62.6 Å². The van der Waals surface area contributed by atoms with Crippen LogP contribution >= 0.6 is 34.8 Å². The van der Waals surface area contributed by atoms with E-state index in [1.807, 2.05) is 31.2 Å². The number of nitrogens with zero attached hydrogens (tertiary/aromatic N) is 1. The van der Waals surface area contributed by atoms with Crippen LogP contribution in [0.5, 0.6) is 5.75 Å². The Hall–Kier alpha value is -1.46. The van der Waals surface area contributed by atoms with Gasteiger partial charge in [0.2, 0.25) is 0 Å². The van der Waals surface area contributed by atoms with Crippen LogP contribution in [0.1, 0.15) is 35.7 Å². The first-order valence-electron chi connectivity index (χ1n) is 9.25. The van der Waals surface area contributed by atoms with Gasteiger partial charge in [0.1, 0.15) is 0 Å². The van der Waals surface area contributed by atoms with Crippen molar-refractivity contribution in [3.63, 3.8) is 0 Å². The largest absolute Gasteiger partial charge is 0.491 e. The van der Waals surface area contributed by atoms with E-state index in [1.54, 1.807) is 17.0 Å². The molecular formula is C21H22Cl3NO3. The second kappa shape index (κ2) is 9.84. The van der Waals surface area contributed by atoms with Crippen LogP contribution in [0.3, 0.4) is 0 Å². The minimum Gasteiger partial charge on any atom is -0.491 e. The summed E-state index contributed by atoms with van der Waals surface area (Å²) in [6.45, 7) is 3.96. The number of halogens is 3. The third-order valence-corrected chi connectivity index (χ3v) is 5.37. The molecule has 1 atom stereocenters. The van der Waals surface area contributed by atoms with Gasteiger partial charge in [-0.2, -0.15) is 0 Å². The Kier molecular flexibility index (Phi) is 7.47. The fourth-order valence-electron chi connectivity index (χ4n) is 3.21. The molecule has 1 heterocycles. The molecule has 1 saturated heterocycles. The molecule has 0 aromatic heterocycles. The van der Waals surface area contributed by atoms with Crippen molar-refractivity contribution < 1.29 is 14.3 Å². The number of hydrogen-bond donors (Lipinski definition) is 0. The molecule has 150 valence electrons. The van der Waals surface area contributed by atoms with E-state index >= 15 is 0 Å². The normalized spacial score (nSPS) is 16.2. The average Bonchev–Trinajstić information content (AvgIpc) is 3.18. The molecule has 0 saturated carbocycles. The van der Waals surface area contributed by atoms with Crippen molar-refractivity contribution in [1.29, 1.82) is 0 Å². The number of amides is 1. The highest BCUT2D eigenvalue weighted by Crippen LogP contribution is 2.34. The molecule has 7 heteroatoms. The number of benzene rings is 2. The van der Waals surface area contributed by atoms with Gasteiger partial charge >= 0.3 is 0 Å². The van der Waals surface area contributed by atoms with Gasteiger partial charge in [-0.25, -0.2) is 0 Å². The summed E-state index contributed by atoms with van der Waals surface area (Å²) in [5.74, 6) is 0.239. The molecule has 0 unspecified atom stereocenters. The summed E-state index contributed by atoms with van der Waals surface area (Å²) in [6.07, 6.45) is 1.98. The van der Waals surface area contributed by atoms with Crippen molar-refractivity contribution in [2.45, 2.75) is 32.4 Å². The second-order valence-electron chi connectivity index (χ2n) is 6.65.